The van der Waals surface area contributed by atoms with E-state index >= 15 is 0 Å². The molecule has 0 fully saturated rings. The van der Waals surface area contributed by atoms with Crippen LogP contribution in [0.2, 0.25) is 0 Å². The summed E-state index contributed by atoms with van der Waals surface area (Å²) in [6.07, 6.45) is 3.57. The van der Waals surface area contributed by atoms with E-state index in [1.165, 1.54) is 0 Å². The Morgan fingerprint density at radius 1 is 1.64 bits per heavy atom. The largest absolute Gasteiger partial charge is 0.396 e. The molecule has 1 aromatic rings. The zero-order chi connectivity index (χ0) is 10.4. The minimum Gasteiger partial charge on any atom is -0.396 e. The lowest BCUT2D eigenvalue weighted by Gasteiger charge is -2.11. The Labute approximate surface area is 84.8 Å². The molecule has 0 aliphatic rings. The first-order valence-corrected chi connectivity index (χ1v) is 5.07. The average Bonchev–Trinajstić information content (AvgIpc) is 2.58. The summed E-state index contributed by atoms with van der Waals surface area (Å²) in [6.45, 7) is 5.20. The number of rotatable bonds is 6. The number of H-pyrrole nitrogens is 1. The van der Waals surface area contributed by atoms with Gasteiger partial charge in [0.05, 0.1) is 12.0 Å². The van der Waals surface area contributed by atoms with Crippen LogP contribution < -0.4 is 5.32 Å². The summed E-state index contributed by atoms with van der Waals surface area (Å²) in [5.41, 5.74) is 2.19. The van der Waals surface area contributed by atoms with Crippen molar-refractivity contribution < 1.29 is 5.11 Å². The first-order chi connectivity index (χ1) is 6.74. The molecule has 1 unspecified atom stereocenters. The third-order valence-electron chi connectivity index (χ3n) is 2.35. The molecule has 1 aromatic heterocycles. The molecular formula is C10H19N3O. The summed E-state index contributed by atoms with van der Waals surface area (Å²) in [6, 6.07) is 0.429. The van der Waals surface area contributed by atoms with Crippen LogP contribution in [-0.2, 0) is 6.54 Å². The lowest BCUT2D eigenvalue weighted by molar-refractivity contribution is 0.276. The molecule has 0 saturated heterocycles. The molecule has 80 valence electrons. The third-order valence-corrected chi connectivity index (χ3v) is 2.35. The van der Waals surface area contributed by atoms with Gasteiger partial charge in [0.25, 0.3) is 0 Å². The van der Waals surface area contributed by atoms with E-state index in [0.717, 1.165) is 30.8 Å². The molecular weight excluding hydrogens is 178 g/mol. The summed E-state index contributed by atoms with van der Waals surface area (Å²) in [5, 5.41) is 12.0. The third kappa shape index (κ3) is 3.47. The van der Waals surface area contributed by atoms with Gasteiger partial charge < -0.3 is 15.4 Å². The summed E-state index contributed by atoms with van der Waals surface area (Å²) >= 11 is 0. The quantitative estimate of drug-likeness (QED) is 0.637. The Hall–Kier alpha value is -0.870. The number of hydrogen-bond acceptors (Lipinski definition) is 3. The molecule has 1 atom stereocenters. The number of aromatic nitrogens is 2. The average molecular weight is 197 g/mol. The fourth-order valence-corrected chi connectivity index (χ4v) is 1.34. The zero-order valence-electron chi connectivity index (χ0n) is 8.88. The number of aryl methyl sites for hydroxylation is 1. The maximum Gasteiger partial charge on any atom is 0.0925 e. The van der Waals surface area contributed by atoms with Crippen LogP contribution in [0.15, 0.2) is 6.33 Å². The minimum atomic E-state index is 0.271. The van der Waals surface area contributed by atoms with Crippen LogP contribution in [0.5, 0.6) is 0 Å². The van der Waals surface area contributed by atoms with Crippen molar-refractivity contribution in [1.29, 1.82) is 0 Å². The van der Waals surface area contributed by atoms with E-state index in [2.05, 4.69) is 22.2 Å². The van der Waals surface area contributed by atoms with E-state index in [4.69, 9.17) is 5.11 Å². The Kier molecular flexibility index (Phi) is 4.62. The van der Waals surface area contributed by atoms with Crippen LogP contribution in [0, 0.1) is 6.92 Å². The maximum atomic E-state index is 8.67. The Morgan fingerprint density at radius 2 is 2.43 bits per heavy atom. The van der Waals surface area contributed by atoms with Crippen molar-refractivity contribution in [3.05, 3.63) is 17.7 Å². The van der Waals surface area contributed by atoms with Crippen molar-refractivity contribution in [2.24, 2.45) is 0 Å². The molecule has 1 heterocycles. The predicted molar refractivity (Wildman–Crippen MR) is 55.9 cm³/mol. The van der Waals surface area contributed by atoms with Gasteiger partial charge in [0, 0.05) is 24.9 Å². The van der Waals surface area contributed by atoms with Gasteiger partial charge in [0.2, 0.25) is 0 Å². The van der Waals surface area contributed by atoms with E-state index in [-0.39, 0.29) is 6.61 Å². The van der Waals surface area contributed by atoms with Gasteiger partial charge in [-0.15, -0.1) is 0 Å². The standard InChI is InChI=1S/C10H19N3O/c1-8(4-3-5-14)11-6-10-9(2)12-7-13-10/h7-8,11,14H,3-6H2,1-2H3,(H,12,13). The monoisotopic (exact) mass is 197 g/mol. The van der Waals surface area contributed by atoms with Crippen molar-refractivity contribution in [1.82, 2.24) is 15.3 Å². The second-order valence-electron chi connectivity index (χ2n) is 3.62. The number of aromatic amines is 1. The zero-order valence-corrected chi connectivity index (χ0v) is 8.88. The van der Waals surface area contributed by atoms with Gasteiger partial charge >= 0.3 is 0 Å². The normalized spacial score (nSPS) is 13.1. The predicted octanol–water partition coefficient (Wildman–Crippen LogP) is 0.969. The van der Waals surface area contributed by atoms with Gasteiger partial charge in [-0.3, -0.25) is 0 Å². The van der Waals surface area contributed by atoms with E-state index in [9.17, 15) is 0 Å². The van der Waals surface area contributed by atoms with Crippen molar-refractivity contribution in [3.8, 4) is 0 Å². The van der Waals surface area contributed by atoms with Gasteiger partial charge in [0.1, 0.15) is 0 Å². The Morgan fingerprint density at radius 3 is 3.00 bits per heavy atom. The smallest absolute Gasteiger partial charge is 0.0925 e. The fourth-order valence-electron chi connectivity index (χ4n) is 1.34. The molecule has 0 spiro atoms. The number of hydrogen-bond donors (Lipinski definition) is 3. The number of aliphatic hydroxyl groups is 1. The lowest BCUT2D eigenvalue weighted by Crippen LogP contribution is -2.26. The molecule has 0 amide bonds. The highest BCUT2D eigenvalue weighted by Gasteiger charge is 2.04. The van der Waals surface area contributed by atoms with E-state index in [0.29, 0.717) is 6.04 Å². The van der Waals surface area contributed by atoms with Crippen LogP contribution in [0.3, 0.4) is 0 Å². The van der Waals surface area contributed by atoms with E-state index in [1.54, 1.807) is 6.33 Å². The van der Waals surface area contributed by atoms with Gasteiger partial charge in [-0.1, -0.05) is 0 Å². The van der Waals surface area contributed by atoms with Gasteiger partial charge in [-0.25, -0.2) is 4.98 Å². The number of nitrogens with one attached hydrogen (secondary N) is 2. The van der Waals surface area contributed by atoms with Gasteiger partial charge in [-0.05, 0) is 26.7 Å². The topological polar surface area (TPSA) is 60.9 Å². The second-order valence-corrected chi connectivity index (χ2v) is 3.62. The molecule has 0 bridgehead atoms. The highest BCUT2D eigenvalue weighted by molar-refractivity contribution is 5.08. The van der Waals surface area contributed by atoms with Crippen LogP contribution in [0.1, 0.15) is 31.2 Å². The summed E-state index contributed by atoms with van der Waals surface area (Å²) in [4.78, 5) is 7.24. The number of nitrogens with zero attached hydrogens (tertiary/aromatic N) is 1. The van der Waals surface area contributed by atoms with Gasteiger partial charge in [0.15, 0.2) is 0 Å². The molecule has 0 aliphatic heterocycles. The molecule has 14 heavy (non-hydrogen) atoms. The SMILES string of the molecule is Cc1[nH]cnc1CNC(C)CCCO. The Balaban J connectivity index is 2.23. The van der Waals surface area contributed by atoms with Crippen LogP contribution in [0.25, 0.3) is 0 Å². The number of imidazole rings is 1. The van der Waals surface area contributed by atoms with Crippen molar-refractivity contribution >= 4 is 0 Å². The highest BCUT2D eigenvalue weighted by atomic mass is 16.2. The second kappa shape index (κ2) is 5.78. The Bertz CT molecular complexity index is 260. The van der Waals surface area contributed by atoms with Crippen LogP contribution in [-0.4, -0.2) is 27.7 Å². The maximum absolute atomic E-state index is 8.67. The molecule has 3 N–H and O–H groups in total. The van der Waals surface area contributed by atoms with Crippen molar-refractivity contribution in [2.75, 3.05) is 6.61 Å². The fraction of sp³-hybridized carbons (Fsp3) is 0.700. The minimum absolute atomic E-state index is 0.271. The van der Waals surface area contributed by atoms with E-state index < -0.39 is 0 Å². The van der Waals surface area contributed by atoms with Gasteiger partial charge in [-0.2, -0.15) is 0 Å². The number of aliphatic hydroxyl groups excluding tert-OH is 1. The molecule has 0 aliphatic carbocycles. The first kappa shape index (κ1) is 11.2. The van der Waals surface area contributed by atoms with Crippen LogP contribution in [0.4, 0.5) is 0 Å². The summed E-state index contributed by atoms with van der Waals surface area (Å²) in [7, 11) is 0. The molecule has 1 rings (SSSR count). The first-order valence-electron chi connectivity index (χ1n) is 5.07. The molecule has 0 radical (unpaired) electrons. The summed E-state index contributed by atoms with van der Waals surface area (Å²) < 4.78 is 0. The molecule has 0 saturated carbocycles. The highest BCUT2D eigenvalue weighted by Crippen LogP contribution is 2.02. The molecule has 4 heteroatoms. The molecule has 0 aromatic carbocycles. The van der Waals surface area contributed by atoms with Crippen LogP contribution >= 0.6 is 0 Å². The van der Waals surface area contributed by atoms with Crippen molar-refractivity contribution in [3.63, 3.8) is 0 Å². The summed E-state index contributed by atoms with van der Waals surface area (Å²) in [5.74, 6) is 0. The van der Waals surface area contributed by atoms with Crippen molar-refractivity contribution in [2.45, 2.75) is 39.3 Å². The van der Waals surface area contributed by atoms with E-state index in [1.807, 2.05) is 6.92 Å². The molecule has 4 nitrogen and oxygen atoms in total. The lowest BCUT2D eigenvalue weighted by atomic mass is 10.2.